The molecule has 0 fully saturated rings. The molecule has 1 heterocycles. The molecular weight excluding hydrogens is 251 g/mol. The maximum absolute atomic E-state index is 11.5. The Morgan fingerprint density at radius 1 is 1.38 bits per heavy atom. The number of nitrogens with one attached hydrogen (secondary N) is 1. The van der Waals surface area contributed by atoms with E-state index >= 15 is 0 Å². The first kappa shape index (κ1) is 12.8. The van der Waals surface area contributed by atoms with Crippen molar-refractivity contribution in [1.29, 1.82) is 0 Å². The molecule has 0 aliphatic rings. The molecule has 0 atom stereocenters. The third-order valence-electron chi connectivity index (χ3n) is 1.91. The molecule has 0 spiro atoms. The first-order valence-electron chi connectivity index (χ1n) is 4.51. The molecule has 1 N–H and O–H groups in total. The maximum Gasteiger partial charge on any atom is 0.348 e. The van der Waals surface area contributed by atoms with Crippen LogP contribution in [0, 0.1) is 0 Å². The summed E-state index contributed by atoms with van der Waals surface area (Å²) in [5.41, 5.74) is 0.225. The van der Waals surface area contributed by atoms with Crippen molar-refractivity contribution in [3.63, 3.8) is 0 Å². The first-order valence-corrected chi connectivity index (χ1v) is 5.04. The Hall–Kier alpha value is -1.26. The number of fused-ring (bicyclic) bond motifs is 1. The van der Waals surface area contributed by atoms with Crippen molar-refractivity contribution in [3.8, 4) is 0 Å². The van der Waals surface area contributed by atoms with E-state index in [2.05, 4.69) is 10.3 Å². The van der Waals surface area contributed by atoms with Gasteiger partial charge in [0.05, 0.1) is 10.9 Å². The van der Waals surface area contributed by atoms with Crippen LogP contribution in [0.25, 0.3) is 10.9 Å². The highest BCUT2D eigenvalue weighted by Gasteiger charge is 2.03. The molecule has 1 aromatic heterocycles. The number of benzene rings is 1. The van der Waals surface area contributed by atoms with E-state index in [9.17, 15) is 4.79 Å². The average Bonchev–Trinajstić information content (AvgIpc) is 2.26. The highest BCUT2D eigenvalue weighted by atomic mass is 35.5. The largest absolute Gasteiger partial charge is 0.389 e. The van der Waals surface area contributed by atoms with Crippen LogP contribution in [-0.4, -0.2) is 17.4 Å². The number of para-hydroxylation sites is 1. The van der Waals surface area contributed by atoms with Gasteiger partial charge in [-0.3, -0.25) is 0 Å². The third kappa shape index (κ3) is 2.65. The molecule has 0 bridgehead atoms. The van der Waals surface area contributed by atoms with Crippen molar-refractivity contribution in [3.05, 3.63) is 34.7 Å². The fraction of sp³-hybridized carbons (Fsp3) is 0.200. The molecule has 0 radical (unpaired) electrons. The lowest BCUT2D eigenvalue weighted by molar-refractivity contribution is 0.517. The van der Waals surface area contributed by atoms with Gasteiger partial charge in [0.2, 0.25) is 0 Å². The third-order valence-corrected chi connectivity index (χ3v) is 2.10. The number of hydrogen-bond donors (Lipinski definition) is 1. The summed E-state index contributed by atoms with van der Waals surface area (Å²) in [4.78, 5) is 15.6. The van der Waals surface area contributed by atoms with Gasteiger partial charge in [0, 0.05) is 12.4 Å². The summed E-state index contributed by atoms with van der Waals surface area (Å²) < 4.78 is 4.96. The summed E-state index contributed by atoms with van der Waals surface area (Å²) in [6.45, 7) is 0.510. The second kappa shape index (κ2) is 5.72. The van der Waals surface area contributed by atoms with E-state index in [1.54, 1.807) is 18.2 Å². The van der Waals surface area contributed by atoms with Crippen LogP contribution in [0.4, 0.5) is 6.01 Å². The van der Waals surface area contributed by atoms with Gasteiger partial charge in [0.25, 0.3) is 6.01 Å². The Balaban J connectivity index is 0.00000128. The van der Waals surface area contributed by atoms with Crippen LogP contribution in [0.15, 0.2) is 33.5 Å². The fourth-order valence-electron chi connectivity index (χ4n) is 1.25. The molecular formula is C10H10Cl2N2O2. The second-order valence-corrected chi connectivity index (χ2v) is 3.32. The molecule has 0 aliphatic heterocycles. The number of rotatable bonds is 3. The lowest BCUT2D eigenvalue weighted by atomic mass is 10.2. The maximum atomic E-state index is 11.5. The van der Waals surface area contributed by atoms with Gasteiger partial charge >= 0.3 is 5.63 Å². The summed E-state index contributed by atoms with van der Waals surface area (Å²) in [7, 11) is 0. The minimum absolute atomic E-state index is 0. The summed E-state index contributed by atoms with van der Waals surface area (Å²) in [6.07, 6.45) is 0. The van der Waals surface area contributed by atoms with Crippen molar-refractivity contribution < 1.29 is 4.42 Å². The van der Waals surface area contributed by atoms with Crippen LogP contribution in [0.1, 0.15) is 0 Å². The Labute approximate surface area is 103 Å². The smallest absolute Gasteiger partial charge is 0.348 e. The van der Waals surface area contributed by atoms with Crippen molar-refractivity contribution in [2.75, 3.05) is 17.7 Å². The van der Waals surface area contributed by atoms with E-state index in [-0.39, 0.29) is 18.4 Å². The van der Waals surface area contributed by atoms with Crippen molar-refractivity contribution >= 4 is 40.9 Å². The van der Waals surface area contributed by atoms with Crippen molar-refractivity contribution in [2.45, 2.75) is 0 Å². The predicted octanol–water partition coefficient (Wildman–Crippen LogP) is 2.26. The molecule has 86 valence electrons. The molecule has 2 rings (SSSR count). The molecule has 6 heteroatoms. The van der Waals surface area contributed by atoms with Gasteiger partial charge in [-0.05, 0) is 12.1 Å². The van der Waals surface area contributed by atoms with Gasteiger partial charge < -0.3 is 9.73 Å². The van der Waals surface area contributed by atoms with Crippen molar-refractivity contribution in [2.24, 2.45) is 0 Å². The monoisotopic (exact) mass is 260 g/mol. The summed E-state index contributed by atoms with van der Waals surface area (Å²) in [5, 5.41) is 3.30. The minimum Gasteiger partial charge on any atom is -0.389 e. The molecule has 1 aromatic carbocycles. The van der Waals surface area contributed by atoms with Crippen LogP contribution in [0.5, 0.6) is 0 Å². The zero-order valence-corrected chi connectivity index (χ0v) is 9.85. The summed E-state index contributed by atoms with van der Waals surface area (Å²) in [6, 6.07) is 7.24. The summed E-state index contributed by atoms with van der Waals surface area (Å²) >= 11 is 5.50. The lowest BCUT2D eigenvalue weighted by Gasteiger charge is -2.01. The molecule has 4 nitrogen and oxygen atoms in total. The Bertz CT molecular complexity index is 527. The van der Waals surface area contributed by atoms with Crippen molar-refractivity contribution in [1.82, 2.24) is 4.98 Å². The van der Waals surface area contributed by atoms with Crippen LogP contribution in [-0.2, 0) is 0 Å². The predicted molar refractivity (Wildman–Crippen MR) is 66.7 cm³/mol. The Morgan fingerprint density at radius 2 is 2.12 bits per heavy atom. The molecule has 0 saturated carbocycles. The number of halogens is 2. The lowest BCUT2D eigenvalue weighted by Crippen LogP contribution is -2.09. The molecule has 16 heavy (non-hydrogen) atoms. The minimum atomic E-state index is -0.391. The van der Waals surface area contributed by atoms with Gasteiger partial charge in [-0.25, -0.2) is 4.79 Å². The molecule has 0 amide bonds. The van der Waals surface area contributed by atoms with Gasteiger partial charge in [-0.1, -0.05) is 12.1 Å². The van der Waals surface area contributed by atoms with E-state index in [0.29, 0.717) is 23.3 Å². The molecule has 2 aromatic rings. The second-order valence-electron chi connectivity index (χ2n) is 2.94. The number of hydrogen-bond acceptors (Lipinski definition) is 4. The number of nitrogens with zero attached hydrogens (tertiary/aromatic N) is 1. The van der Waals surface area contributed by atoms with E-state index < -0.39 is 5.63 Å². The zero-order valence-electron chi connectivity index (χ0n) is 8.27. The van der Waals surface area contributed by atoms with Crippen LogP contribution >= 0.6 is 24.0 Å². The Kier molecular flexibility index (Phi) is 4.58. The molecule has 0 saturated heterocycles. The van der Waals surface area contributed by atoms with E-state index in [1.807, 2.05) is 6.07 Å². The van der Waals surface area contributed by atoms with Crippen LogP contribution in [0.2, 0.25) is 0 Å². The normalized spacial score (nSPS) is 9.81. The topological polar surface area (TPSA) is 55.1 Å². The van der Waals surface area contributed by atoms with Gasteiger partial charge in [0.15, 0.2) is 0 Å². The molecule has 0 unspecified atom stereocenters. The standard InChI is InChI=1S/C10H9ClN2O2.ClH/c11-5-6-12-10-13-8-4-2-1-3-7(8)9(14)15-10;/h1-4H,5-6H2,(H,12,13);1H. The van der Waals surface area contributed by atoms with Gasteiger partial charge in [0.1, 0.15) is 0 Å². The number of aromatic nitrogens is 1. The summed E-state index contributed by atoms with van der Waals surface area (Å²) in [5.74, 6) is 0.429. The van der Waals surface area contributed by atoms with Crippen LogP contribution < -0.4 is 10.9 Å². The number of alkyl halides is 1. The Morgan fingerprint density at radius 3 is 2.88 bits per heavy atom. The average molecular weight is 261 g/mol. The SMILES string of the molecule is Cl.O=c1oc(NCCCl)nc2ccccc12. The van der Waals surface area contributed by atoms with E-state index in [0.717, 1.165) is 0 Å². The highest BCUT2D eigenvalue weighted by molar-refractivity contribution is 6.18. The zero-order chi connectivity index (χ0) is 10.7. The van der Waals surface area contributed by atoms with E-state index in [1.165, 1.54) is 0 Å². The van der Waals surface area contributed by atoms with Gasteiger partial charge in [-0.2, -0.15) is 4.98 Å². The highest BCUT2D eigenvalue weighted by Crippen LogP contribution is 2.09. The number of anilines is 1. The fourth-order valence-corrected chi connectivity index (χ4v) is 1.34. The van der Waals surface area contributed by atoms with E-state index in [4.69, 9.17) is 16.0 Å². The molecule has 0 aliphatic carbocycles. The quantitative estimate of drug-likeness (QED) is 0.861. The first-order chi connectivity index (χ1) is 7.31. The van der Waals surface area contributed by atoms with Gasteiger partial charge in [-0.15, -0.1) is 24.0 Å². The van der Waals surface area contributed by atoms with Crippen LogP contribution in [0.3, 0.4) is 0 Å².